The van der Waals surface area contributed by atoms with E-state index in [1.165, 1.54) is 4.90 Å². The molecule has 0 bridgehead atoms. The molecule has 158 valence electrons. The van der Waals surface area contributed by atoms with Crippen molar-refractivity contribution in [1.29, 1.82) is 0 Å². The van der Waals surface area contributed by atoms with E-state index in [-0.39, 0.29) is 31.4 Å². The van der Waals surface area contributed by atoms with Gasteiger partial charge in [-0.3, -0.25) is 9.59 Å². The van der Waals surface area contributed by atoms with Crippen LogP contribution in [0.25, 0.3) is 0 Å². The molecule has 0 spiro atoms. The fraction of sp³-hybridized carbons (Fsp3) is 0.364. The molecule has 0 aliphatic carbocycles. The maximum atomic E-state index is 13.0. The minimum absolute atomic E-state index is 0.0202. The number of hydrogen-bond donors (Lipinski definition) is 1. The number of anilines is 1. The largest absolute Gasteiger partial charge is 0.397 e. The smallest absolute Gasteiger partial charge is 0.394 e. The van der Waals surface area contributed by atoms with E-state index in [2.05, 4.69) is 0 Å². The van der Waals surface area contributed by atoms with Gasteiger partial charge in [0.2, 0.25) is 11.8 Å². The first kappa shape index (κ1) is 20.4. The zero-order chi connectivity index (χ0) is 21.5. The Morgan fingerprint density at radius 3 is 2.33 bits per heavy atom. The molecule has 1 N–H and O–H groups in total. The van der Waals surface area contributed by atoms with Crippen molar-refractivity contribution in [3.63, 3.8) is 0 Å². The molecule has 0 radical (unpaired) electrons. The molecule has 2 aliphatic heterocycles. The number of alkyl halides is 3. The van der Waals surface area contributed by atoms with Gasteiger partial charge in [0.25, 0.3) is 0 Å². The highest BCUT2D eigenvalue weighted by Gasteiger charge is 2.55. The minimum Gasteiger partial charge on any atom is -0.394 e. The maximum Gasteiger partial charge on any atom is 0.397 e. The summed E-state index contributed by atoms with van der Waals surface area (Å²) in [7, 11) is 0. The van der Waals surface area contributed by atoms with Crippen LogP contribution >= 0.6 is 0 Å². The monoisotopic (exact) mass is 418 g/mol. The van der Waals surface area contributed by atoms with Crippen molar-refractivity contribution in [2.24, 2.45) is 0 Å². The van der Waals surface area contributed by atoms with Crippen LogP contribution in [0.1, 0.15) is 23.5 Å². The predicted molar refractivity (Wildman–Crippen MR) is 104 cm³/mol. The topological polar surface area (TPSA) is 60.9 Å². The number of carbonyl (C=O) groups excluding carboxylic acids is 2. The van der Waals surface area contributed by atoms with E-state index in [0.717, 1.165) is 10.5 Å². The van der Waals surface area contributed by atoms with Gasteiger partial charge in [-0.05, 0) is 17.2 Å². The van der Waals surface area contributed by atoms with E-state index < -0.39 is 30.6 Å². The van der Waals surface area contributed by atoms with Crippen molar-refractivity contribution in [2.45, 2.75) is 37.0 Å². The first-order valence-electron chi connectivity index (χ1n) is 9.72. The van der Waals surface area contributed by atoms with Crippen molar-refractivity contribution in [3.05, 3.63) is 65.7 Å². The number of aliphatic hydroxyl groups is 1. The van der Waals surface area contributed by atoms with Gasteiger partial charge in [0, 0.05) is 18.2 Å². The third-order valence-electron chi connectivity index (χ3n) is 5.83. The molecule has 2 heterocycles. The number of amides is 2. The van der Waals surface area contributed by atoms with Gasteiger partial charge in [0.1, 0.15) is 6.42 Å². The van der Waals surface area contributed by atoms with Crippen LogP contribution in [0.3, 0.4) is 0 Å². The van der Waals surface area contributed by atoms with Gasteiger partial charge in [-0.2, -0.15) is 13.2 Å². The molecule has 2 aliphatic rings. The molecule has 0 aromatic heterocycles. The number of benzene rings is 2. The number of rotatable bonds is 4. The Morgan fingerprint density at radius 1 is 1.00 bits per heavy atom. The Bertz CT molecular complexity index is 948. The number of carbonyl (C=O) groups is 2. The van der Waals surface area contributed by atoms with Crippen molar-refractivity contribution in [3.8, 4) is 0 Å². The van der Waals surface area contributed by atoms with E-state index in [4.69, 9.17) is 0 Å². The standard InChI is InChI=1S/C22H21F3N2O3/c23-22(24,25)11-20(30)26-12-17-21(15-8-4-5-9-16(15)26)18(13-28)27(17)19(29)10-14-6-2-1-3-7-14/h1-9,17-18,21,28H,10-13H2/t17-,18+,21+/m0/s1. The number of fused-ring (bicyclic) bond motifs is 3. The summed E-state index contributed by atoms with van der Waals surface area (Å²) >= 11 is 0. The van der Waals surface area contributed by atoms with Crippen LogP contribution in [0, 0.1) is 0 Å². The van der Waals surface area contributed by atoms with Gasteiger partial charge in [0.05, 0.1) is 25.1 Å². The fourth-order valence-corrected chi connectivity index (χ4v) is 4.60. The summed E-state index contributed by atoms with van der Waals surface area (Å²) in [6.07, 6.45) is -6.04. The van der Waals surface area contributed by atoms with Crippen LogP contribution in [0.5, 0.6) is 0 Å². The Balaban J connectivity index is 1.63. The van der Waals surface area contributed by atoms with Gasteiger partial charge in [-0.15, -0.1) is 0 Å². The zero-order valence-electron chi connectivity index (χ0n) is 16.0. The average molecular weight is 418 g/mol. The molecule has 30 heavy (non-hydrogen) atoms. The van der Waals surface area contributed by atoms with E-state index >= 15 is 0 Å². The quantitative estimate of drug-likeness (QED) is 0.831. The summed E-state index contributed by atoms with van der Waals surface area (Å²) in [4.78, 5) is 28.0. The molecule has 2 aromatic rings. The molecule has 1 fully saturated rings. The zero-order valence-corrected chi connectivity index (χ0v) is 16.0. The summed E-state index contributed by atoms with van der Waals surface area (Å²) < 4.78 is 38.5. The second-order valence-electron chi connectivity index (χ2n) is 7.66. The molecule has 0 unspecified atom stereocenters. The van der Waals surface area contributed by atoms with Crippen LogP contribution in [-0.4, -0.2) is 53.2 Å². The normalized spacial score (nSPS) is 22.7. The van der Waals surface area contributed by atoms with Crippen LogP contribution < -0.4 is 4.90 Å². The maximum absolute atomic E-state index is 13.0. The van der Waals surface area contributed by atoms with Gasteiger partial charge in [-0.1, -0.05) is 48.5 Å². The number of likely N-dealkylation sites (tertiary alicyclic amines) is 1. The van der Waals surface area contributed by atoms with Gasteiger partial charge in [0.15, 0.2) is 0 Å². The fourth-order valence-electron chi connectivity index (χ4n) is 4.60. The third-order valence-corrected chi connectivity index (χ3v) is 5.83. The first-order valence-corrected chi connectivity index (χ1v) is 9.72. The predicted octanol–water partition coefficient (Wildman–Crippen LogP) is 2.88. The lowest BCUT2D eigenvalue weighted by atomic mass is 9.71. The van der Waals surface area contributed by atoms with E-state index in [0.29, 0.717) is 11.3 Å². The second-order valence-corrected chi connectivity index (χ2v) is 7.66. The molecule has 2 aromatic carbocycles. The Hall–Kier alpha value is -2.87. The highest BCUT2D eigenvalue weighted by atomic mass is 19.4. The summed E-state index contributed by atoms with van der Waals surface area (Å²) in [5.41, 5.74) is 1.91. The van der Waals surface area contributed by atoms with Gasteiger partial charge >= 0.3 is 6.18 Å². The van der Waals surface area contributed by atoms with E-state index in [1.54, 1.807) is 24.3 Å². The Kier molecular flexibility index (Phi) is 5.27. The van der Waals surface area contributed by atoms with Gasteiger partial charge < -0.3 is 14.9 Å². The molecule has 2 amide bonds. The number of halogens is 3. The highest BCUT2D eigenvalue weighted by molar-refractivity contribution is 5.96. The summed E-state index contributed by atoms with van der Waals surface area (Å²) in [5, 5.41) is 9.94. The molecule has 3 atom stereocenters. The van der Waals surface area contributed by atoms with Crippen LogP contribution in [0.2, 0.25) is 0 Å². The molecule has 0 saturated carbocycles. The van der Waals surface area contributed by atoms with E-state index in [1.807, 2.05) is 30.3 Å². The third kappa shape index (κ3) is 3.67. The van der Waals surface area contributed by atoms with Crippen molar-refractivity contribution in [1.82, 2.24) is 4.90 Å². The second kappa shape index (κ2) is 7.75. The number of nitrogens with zero attached hydrogens (tertiary/aromatic N) is 2. The highest BCUT2D eigenvalue weighted by Crippen LogP contribution is 2.48. The summed E-state index contributed by atoms with van der Waals surface area (Å²) in [5.74, 6) is -1.48. The lowest BCUT2D eigenvalue weighted by molar-refractivity contribution is -0.155. The van der Waals surface area contributed by atoms with Crippen LogP contribution in [0.15, 0.2) is 54.6 Å². The molecular weight excluding hydrogens is 397 g/mol. The number of aliphatic hydroxyl groups excluding tert-OH is 1. The Labute approximate surface area is 171 Å². The molecule has 5 nitrogen and oxygen atoms in total. The van der Waals surface area contributed by atoms with E-state index in [9.17, 15) is 27.9 Å². The van der Waals surface area contributed by atoms with Gasteiger partial charge in [-0.25, -0.2) is 0 Å². The molecule has 1 saturated heterocycles. The minimum atomic E-state index is -4.61. The SMILES string of the molecule is O=C(CC(F)(F)F)N1C[C@H]2[C@@H](c3ccccc31)[C@@H](CO)N2C(=O)Cc1ccccc1. The number of para-hydroxylation sites is 1. The Morgan fingerprint density at radius 2 is 1.67 bits per heavy atom. The van der Waals surface area contributed by atoms with Crippen molar-refractivity contribution < 1.29 is 27.9 Å². The van der Waals surface area contributed by atoms with Crippen LogP contribution in [-0.2, 0) is 16.0 Å². The molecule has 4 rings (SSSR count). The first-order chi connectivity index (χ1) is 14.3. The van der Waals surface area contributed by atoms with Crippen molar-refractivity contribution >= 4 is 17.5 Å². The lowest BCUT2D eigenvalue weighted by Crippen LogP contribution is -2.71. The molecular formula is C22H21F3N2O3. The average Bonchev–Trinajstić information content (AvgIpc) is 2.67. The van der Waals surface area contributed by atoms with Crippen molar-refractivity contribution in [2.75, 3.05) is 18.1 Å². The lowest BCUT2D eigenvalue weighted by Gasteiger charge is -2.59. The summed E-state index contributed by atoms with van der Waals surface area (Å²) in [6.45, 7) is -0.278. The summed E-state index contributed by atoms with van der Waals surface area (Å²) in [6, 6.07) is 15.0. The molecule has 8 heteroatoms. The van der Waals surface area contributed by atoms with Crippen LogP contribution in [0.4, 0.5) is 18.9 Å². The number of hydrogen-bond acceptors (Lipinski definition) is 3.